The highest BCUT2D eigenvalue weighted by molar-refractivity contribution is 7.10. The summed E-state index contributed by atoms with van der Waals surface area (Å²) in [6.45, 7) is 3.04. The summed E-state index contributed by atoms with van der Waals surface area (Å²) in [4.78, 5) is 26.0. The van der Waals surface area contributed by atoms with E-state index in [4.69, 9.17) is 5.11 Å². The molecule has 98 valence electrons. The summed E-state index contributed by atoms with van der Waals surface area (Å²) in [5.74, 6) is -1.04. The van der Waals surface area contributed by atoms with Crippen molar-refractivity contribution < 1.29 is 14.7 Å². The normalized spacial score (nSPS) is 18.6. The zero-order chi connectivity index (χ0) is 13.1. The topological polar surface area (TPSA) is 57.6 Å². The van der Waals surface area contributed by atoms with E-state index >= 15 is 0 Å². The molecule has 5 heteroatoms. The second-order valence-corrected chi connectivity index (χ2v) is 5.65. The first-order valence-electron chi connectivity index (χ1n) is 6.14. The zero-order valence-corrected chi connectivity index (χ0v) is 11.2. The summed E-state index contributed by atoms with van der Waals surface area (Å²) >= 11 is 1.59. The van der Waals surface area contributed by atoms with Crippen LogP contribution in [0, 0.1) is 5.92 Å². The molecule has 1 aromatic rings. The SMILES string of the molecule is CC(C(=O)N1CCC(C(=O)O)CC1)c1cccs1. The molecule has 1 atom stereocenters. The number of carbonyl (C=O) groups is 2. The molecule has 1 aromatic heterocycles. The number of rotatable bonds is 3. The zero-order valence-electron chi connectivity index (χ0n) is 10.3. The average Bonchev–Trinajstić information content (AvgIpc) is 2.91. The summed E-state index contributed by atoms with van der Waals surface area (Å²) < 4.78 is 0. The van der Waals surface area contributed by atoms with Gasteiger partial charge in [-0.3, -0.25) is 9.59 Å². The molecular weight excluding hydrogens is 250 g/mol. The minimum absolute atomic E-state index is 0.112. The average molecular weight is 267 g/mol. The number of hydrogen-bond donors (Lipinski definition) is 1. The van der Waals surface area contributed by atoms with E-state index in [9.17, 15) is 9.59 Å². The van der Waals surface area contributed by atoms with Crippen LogP contribution in [0.2, 0.25) is 0 Å². The maximum Gasteiger partial charge on any atom is 0.306 e. The number of aliphatic carboxylic acids is 1. The number of hydrogen-bond acceptors (Lipinski definition) is 3. The van der Waals surface area contributed by atoms with Gasteiger partial charge in [-0.2, -0.15) is 0 Å². The molecule has 1 amide bonds. The number of carboxylic acid groups (broad SMARTS) is 1. The van der Waals surface area contributed by atoms with Crippen molar-refractivity contribution in [1.82, 2.24) is 4.90 Å². The largest absolute Gasteiger partial charge is 0.481 e. The van der Waals surface area contributed by atoms with Crippen molar-refractivity contribution in [3.8, 4) is 0 Å². The van der Waals surface area contributed by atoms with Crippen LogP contribution in [0.4, 0.5) is 0 Å². The molecule has 0 saturated carbocycles. The van der Waals surface area contributed by atoms with Crippen LogP contribution >= 0.6 is 11.3 Å². The van der Waals surface area contributed by atoms with Crippen LogP contribution in [0.5, 0.6) is 0 Å². The van der Waals surface area contributed by atoms with E-state index < -0.39 is 5.97 Å². The van der Waals surface area contributed by atoms with Gasteiger partial charge < -0.3 is 10.0 Å². The lowest BCUT2D eigenvalue weighted by Crippen LogP contribution is -2.41. The fourth-order valence-electron chi connectivity index (χ4n) is 2.28. The van der Waals surface area contributed by atoms with Crippen LogP contribution in [-0.4, -0.2) is 35.0 Å². The minimum atomic E-state index is -0.742. The van der Waals surface area contributed by atoms with Crippen molar-refractivity contribution in [2.45, 2.75) is 25.7 Å². The Hall–Kier alpha value is -1.36. The van der Waals surface area contributed by atoms with Gasteiger partial charge in [0.25, 0.3) is 0 Å². The number of amides is 1. The smallest absolute Gasteiger partial charge is 0.306 e. The molecule has 0 bridgehead atoms. The lowest BCUT2D eigenvalue weighted by Gasteiger charge is -2.31. The standard InChI is InChI=1S/C13H17NO3S/c1-9(11-3-2-8-18-11)12(15)14-6-4-10(5-7-14)13(16)17/h2-3,8-10H,4-7H2,1H3,(H,16,17). The van der Waals surface area contributed by atoms with Gasteiger partial charge in [-0.15, -0.1) is 11.3 Å². The van der Waals surface area contributed by atoms with E-state index in [1.54, 1.807) is 16.2 Å². The predicted octanol–water partition coefficient (Wildman–Crippen LogP) is 2.17. The molecule has 1 fully saturated rings. The van der Waals surface area contributed by atoms with Gasteiger partial charge in [0, 0.05) is 18.0 Å². The second kappa shape index (κ2) is 5.52. The summed E-state index contributed by atoms with van der Waals surface area (Å²) in [6, 6.07) is 3.91. The maximum atomic E-state index is 12.3. The highest BCUT2D eigenvalue weighted by atomic mass is 32.1. The fourth-order valence-corrected chi connectivity index (χ4v) is 3.06. The number of nitrogens with zero attached hydrogens (tertiary/aromatic N) is 1. The first-order valence-corrected chi connectivity index (χ1v) is 7.02. The highest BCUT2D eigenvalue weighted by Crippen LogP contribution is 2.25. The summed E-state index contributed by atoms with van der Waals surface area (Å²) in [5, 5.41) is 10.9. The predicted molar refractivity (Wildman–Crippen MR) is 69.7 cm³/mol. The van der Waals surface area contributed by atoms with Crippen molar-refractivity contribution in [2.24, 2.45) is 5.92 Å². The van der Waals surface area contributed by atoms with Crippen LogP contribution in [-0.2, 0) is 9.59 Å². The van der Waals surface area contributed by atoms with Gasteiger partial charge in [-0.1, -0.05) is 6.07 Å². The molecule has 4 nitrogen and oxygen atoms in total. The molecule has 1 saturated heterocycles. The van der Waals surface area contributed by atoms with E-state index in [1.807, 2.05) is 24.4 Å². The molecular formula is C13H17NO3S. The Balaban J connectivity index is 1.93. The molecule has 0 aromatic carbocycles. The monoisotopic (exact) mass is 267 g/mol. The van der Waals surface area contributed by atoms with Gasteiger partial charge in [-0.25, -0.2) is 0 Å². The quantitative estimate of drug-likeness (QED) is 0.913. The second-order valence-electron chi connectivity index (χ2n) is 4.67. The van der Waals surface area contributed by atoms with E-state index in [1.165, 1.54) is 0 Å². The van der Waals surface area contributed by atoms with E-state index in [-0.39, 0.29) is 17.7 Å². The molecule has 1 aliphatic rings. The van der Waals surface area contributed by atoms with E-state index in [2.05, 4.69) is 0 Å². The lowest BCUT2D eigenvalue weighted by molar-refractivity contribution is -0.145. The van der Waals surface area contributed by atoms with Gasteiger partial charge in [0.15, 0.2) is 0 Å². The van der Waals surface area contributed by atoms with Crippen LogP contribution in [0.1, 0.15) is 30.6 Å². The molecule has 0 spiro atoms. The van der Waals surface area contributed by atoms with Crippen LogP contribution < -0.4 is 0 Å². The maximum absolute atomic E-state index is 12.3. The molecule has 0 radical (unpaired) electrons. The Bertz CT molecular complexity index is 421. The van der Waals surface area contributed by atoms with Gasteiger partial charge >= 0.3 is 5.97 Å². The number of piperidine rings is 1. The molecule has 2 heterocycles. The molecule has 1 aliphatic heterocycles. The molecule has 2 rings (SSSR count). The van der Waals surface area contributed by atoms with Crippen LogP contribution in [0.3, 0.4) is 0 Å². The number of carboxylic acids is 1. The van der Waals surface area contributed by atoms with Crippen LogP contribution in [0.25, 0.3) is 0 Å². The van der Waals surface area contributed by atoms with Crippen LogP contribution in [0.15, 0.2) is 17.5 Å². The number of carbonyl (C=O) groups excluding carboxylic acids is 1. The highest BCUT2D eigenvalue weighted by Gasteiger charge is 2.29. The van der Waals surface area contributed by atoms with Crippen molar-refractivity contribution >= 4 is 23.2 Å². The molecule has 1 unspecified atom stereocenters. The van der Waals surface area contributed by atoms with Gasteiger partial charge in [0.05, 0.1) is 11.8 Å². The Kier molecular flexibility index (Phi) is 4.01. The van der Waals surface area contributed by atoms with E-state index in [0.29, 0.717) is 25.9 Å². The Morgan fingerprint density at radius 3 is 2.61 bits per heavy atom. The molecule has 18 heavy (non-hydrogen) atoms. The lowest BCUT2D eigenvalue weighted by atomic mass is 9.96. The first kappa shape index (κ1) is 13.1. The van der Waals surface area contributed by atoms with Crippen molar-refractivity contribution in [2.75, 3.05) is 13.1 Å². The minimum Gasteiger partial charge on any atom is -0.481 e. The van der Waals surface area contributed by atoms with Gasteiger partial charge in [0.2, 0.25) is 5.91 Å². The Morgan fingerprint density at radius 1 is 1.44 bits per heavy atom. The van der Waals surface area contributed by atoms with Gasteiger partial charge in [0.1, 0.15) is 0 Å². The third-order valence-electron chi connectivity index (χ3n) is 3.50. The third-order valence-corrected chi connectivity index (χ3v) is 4.55. The first-order chi connectivity index (χ1) is 8.59. The third kappa shape index (κ3) is 2.72. The Labute approximate surface area is 110 Å². The van der Waals surface area contributed by atoms with Crippen molar-refractivity contribution in [3.05, 3.63) is 22.4 Å². The summed E-state index contributed by atoms with van der Waals surface area (Å²) in [6.07, 6.45) is 1.14. The van der Waals surface area contributed by atoms with Crippen molar-refractivity contribution in [1.29, 1.82) is 0 Å². The summed E-state index contributed by atoms with van der Waals surface area (Å²) in [5.41, 5.74) is 0. The van der Waals surface area contributed by atoms with Gasteiger partial charge in [-0.05, 0) is 31.2 Å². The van der Waals surface area contributed by atoms with E-state index in [0.717, 1.165) is 4.88 Å². The molecule has 1 N–H and O–H groups in total. The van der Waals surface area contributed by atoms with Crippen molar-refractivity contribution in [3.63, 3.8) is 0 Å². The number of likely N-dealkylation sites (tertiary alicyclic amines) is 1. The molecule has 0 aliphatic carbocycles. The summed E-state index contributed by atoms with van der Waals surface area (Å²) in [7, 11) is 0. The fraction of sp³-hybridized carbons (Fsp3) is 0.538. The number of thiophene rings is 1. The Morgan fingerprint density at radius 2 is 2.11 bits per heavy atom.